The topological polar surface area (TPSA) is 77.1 Å². The van der Waals surface area contributed by atoms with Crippen molar-refractivity contribution in [3.63, 3.8) is 0 Å². The van der Waals surface area contributed by atoms with Crippen LogP contribution in [0.3, 0.4) is 0 Å². The highest BCUT2D eigenvalue weighted by Crippen LogP contribution is 2.38. The molecule has 1 fully saturated rings. The summed E-state index contributed by atoms with van der Waals surface area (Å²) in [6.45, 7) is 8.42. The minimum Gasteiger partial charge on any atom is -0.486 e. The number of amides is 1. The van der Waals surface area contributed by atoms with E-state index in [1.807, 2.05) is 18.2 Å². The van der Waals surface area contributed by atoms with Crippen LogP contribution in [0, 0.1) is 0 Å². The molecule has 1 aromatic heterocycles. The van der Waals surface area contributed by atoms with Gasteiger partial charge in [0.05, 0.1) is 18.7 Å². The number of esters is 1. The number of hydrogen-bond donors (Lipinski definition) is 1. The van der Waals surface area contributed by atoms with E-state index in [1.165, 1.54) is 11.3 Å². The van der Waals surface area contributed by atoms with Crippen LogP contribution in [0.15, 0.2) is 24.3 Å². The molecule has 2 aliphatic rings. The Balaban J connectivity index is 1.46. The molecular weight excluding hydrogens is 428 g/mol. The number of nitrogens with zero attached hydrogens (tertiary/aromatic N) is 1. The van der Waals surface area contributed by atoms with E-state index in [4.69, 9.17) is 14.2 Å². The van der Waals surface area contributed by atoms with Gasteiger partial charge in [-0.3, -0.25) is 9.69 Å². The van der Waals surface area contributed by atoms with E-state index in [2.05, 4.69) is 30.1 Å². The molecule has 172 valence electrons. The predicted molar refractivity (Wildman–Crippen MR) is 124 cm³/mol. The maximum absolute atomic E-state index is 12.9. The Kier molecular flexibility index (Phi) is 7.01. The van der Waals surface area contributed by atoms with Crippen molar-refractivity contribution in [2.45, 2.75) is 45.6 Å². The van der Waals surface area contributed by atoms with E-state index < -0.39 is 5.97 Å². The summed E-state index contributed by atoms with van der Waals surface area (Å²) in [6, 6.07) is 8.02. The Morgan fingerprint density at radius 2 is 2.00 bits per heavy atom. The Labute approximate surface area is 192 Å². The van der Waals surface area contributed by atoms with Crippen molar-refractivity contribution < 1.29 is 23.8 Å². The number of hydrogen-bond acceptors (Lipinski definition) is 7. The molecule has 1 saturated heterocycles. The summed E-state index contributed by atoms with van der Waals surface area (Å²) in [5.41, 5.74) is 1.56. The Morgan fingerprint density at radius 1 is 1.22 bits per heavy atom. The molecule has 2 aliphatic heterocycles. The highest BCUT2D eigenvalue weighted by molar-refractivity contribution is 7.16. The number of carbonyl (C=O) groups is 2. The van der Waals surface area contributed by atoms with Gasteiger partial charge in [0.25, 0.3) is 0 Å². The van der Waals surface area contributed by atoms with Crippen molar-refractivity contribution in [1.29, 1.82) is 0 Å². The van der Waals surface area contributed by atoms with Crippen LogP contribution in [0.2, 0.25) is 0 Å². The van der Waals surface area contributed by atoms with Gasteiger partial charge in [0.1, 0.15) is 18.2 Å². The van der Waals surface area contributed by atoms with E-state index in [0.29, 0.717) is 30.4 Å². The summed E-state index contributed by atoms with van der Waals surface area (Å²) < 4.78 is 16.5. The standard InChI is InChI=1S/C24H30N2O5S/c1-4-29-24(28)17-13-21(15(2)3)32-23(17)25-22(27)14-26-9-5-6-18(26)16-7-8-19-20(12-16)31-11-10-30-19/h7-8,12-13,15,18H,4-6,9-11,14H2,1-3H3,(H,25,27)/t18-/m1/s1. The summed E-state index contributed by atoms with van der Waals surface area (Å²) in [6.07, 6.45) is 2.01. The van der Waals surface area contributed by atoms with Crippen LogP contribution in [0.5, 0.6) is 11.5 Å². The first-order valence-corrected chi connectivity index (χ1v) is 12.0. The zero-order valence-electron chi connectivity index (χ0n) is 18.8. The van der Waals surface area contributed by atoms with Crippen LogP contribution >= 0.6 is 11.3 Å². The molecule has 0 aliphatic carbocycles. The Bertz CT molecular complexity index is 987. The average molecular weight is 459 g/mol. The number of ether oxygens (including phenoxy) is 3. The highest BCUT2D eigenvalue weighted by atomic mass is 32.1. The van der Waals surface area contributed by atoms with Crippen LogP contribution < -0.4 is 14.8 Å². The van der Waals surface area contributed by atoms with Gasteiger partial charge in [0.2, 0.25) is 5.91 Å². The second-order valence-electron chi connectivity index (χ2n) is 8.35. The third-order valence-electron chi connectivity index (χ3n) is 5.73. The third kappa shape index (κ3) is 4.91. The van der Waals surface area contributed by atoms with Crippen molar-refractivity contribution in [1.82, 2.24) is 4.90 Å². The molecule has 4 rings (SSSR count). The fourth-order valence-corrected chi connectivity index (χ4v) is 5.22. The Morgan fingerprint density at radius 3 is 2.75 bits per heavy atom. The van der Waals surface area contributed by atoms with Crippen LogP contribution in [0.4, 0.5) is 5.00 Å². The lowest BCUT2D eigenvalue weighted by Crippen LogP contribution is -2.33. The molecule has 0 unspecified atom stereocenters. The molecule has 32 heavy (non-hydrogen) atoms. The normalized spacial score (nSPS) is 18.1. The van der Waals surface area contributed by atoms with Crippen molar-refractivity contribution in [3.05, 3.63) is 40.3 Å². The van der Waals surface area contributed by atoms with Crippen LogP contribution in [-0.4, -0.2) is 49.7 Å². The van der Waals surface area contributed by atoms with Crippen LogP contribution in [0.1, 0.15) is 66.4 Å². The number of likely N-dealkylation sites (tertiary alicyclic amines) is 1. The van der Waals surface area contributed by atoms with Crippen molar-refractivity contribution in [2.75, 3.05) is 38.2 Å². The van der Waals surface area contributed by atoms with Crippen molar-refractivity contribution in [3.8, 4) is 11.5 Å². The lowest BCUT2D eigenvalue weighted by Gasteiger charge is -2.26. The molecule has 1 N–H and O–H groups in total. The number of rotatable bonds is 7. The smallest absolute Gasteiger partial charge is 0.341 e. The van der Waals surface area contributed by atoms with Gasteiger partial charge in [0, 0.05) is 10.9 Å². The first-order chi connectivity index (χ1) is 15.5. The zero-order chi connectivity index (χ0) is 22.7. The number of nitrogens with one attached hydrogen (secondary N) is 1. The van der Waals surface area contributed by atoms with Crippen LogP contribution in [0.25, 0.3) is 0 Å². The molecule has 1 aromatic carbocycles. The fourth-order valence-electron chi connectivity index (χ4n) is 4.16. The van der Waals surface area contributed by atoms with Gasteiger partial charge in [-0.2, -0.15) is 0 Å². The molecule has 0 radical (unpaired) electrons. The fraction of sp³-hybridized carbons (Fsp3) is 0.500. The minimum atomic E-state index is -0.402. The maximum Gasteiger partial charge on any atom is 0.341 e. The number of benzene rings is 1. The summed E-state index contributed by atoms with van der Waals surface area (Å²) in [7, 11) is 0. The molecule has 1 atom stereocenters. The highest BCUT2D eigenvalue weighted by Gasteiger charge is 2.29. The SMILES string of the molecule is CCOC(=O)c1cc(C(C)C)sc1NC(=O)CN1CCC[C@@H]1c1ccc2c(c1)OCCO2. The summed E-state index contributed by atoms with van der Waals surface area (Å²) >= 11 is 1.44. The average Bonchev–Trinajstić information content (AvgIpc) is 3.41. The van der Waals surface area contributed by atoms with Crippen molar-refractivity contribution in [2.24, 2.45) is 0 Å². The van der Waals surface area contributed by atoms with Gasteiger partial charge in [-0.1, -0.05) is 19.9 Å². The first kappa shape index (κ1) is 22.6. The second-order valence-corrected chi connectivity index (χ2v) is 9.43. The lowest BCUT2D eigenvalue weighted by atomic mass is 10.0. The largest absolute Gasteiger partial charge is 0.486 e. The third-order valence-corrected chi connectivity index (χ3v) is 7.08. The quantitative estimate of drug-likeness (QED) is 0.612. The molecule has 1 amide bonds. The van der Waals surface area contributed by atoms with E-state index in [-0.39, 0.29) is 24.4 Å². The molecule has 7 nitrogen and oxygen atoms in total. The maximum atomic E-state index is 12.9. The monoisotopic (exact) mass is 458 g/mol. The molecule has 0 spiro atoms. The van der Waals surface area contributed by atoms with Gasteiger partial charge in [-0.15, -0.1) is 11.3 Å². The number of fused-ring (bicyclic) bond motifs is 1. The van der Waals surface area contributed by atoms with Gasteiger partial charge >= 0.3 is 5.97 Å². The van der Waals surface area contributed by atoms with E-state index in [1.54, 1.807) is 6.92 Å². The Hall–Kier alpha value is -2.58. The number of carbonyl (C=O) groups excluding carboxylic acids is 2. The van der Waals surface area contributed by atoms with Crippen molar-refractivity contribution >= 4 is 28.2 Å². The molecule has 3 heterocycles. The van der Waals surface area contributed by atoms with Crippen LogP contribution in [-0.2, 0) is 9.53 Å². The first-order valence-electron chi connectivity index (χ1n) is 11.2. The van der Waals surface area contributed by atoms with Gasteiger partial charge in [-0.05, 0) is 56.0 Å². The van der Waals surface area contributed by atoms with E-state index >= 15 is 0 Å². The summed E-state index contributed by atoms with van der Waals surface area (Å²) in [4.78, 5) is 28.6. The van der Waals surface area contributed by atoms with Gasteiger partial charge in [0.15, 0.2) is 11.5 Å². The van der Waals surface area contributed by atoms with Gasteiger partial charge < -0.3 is 19.5 Å². The summed E-state index contributed by atoms with van der Waals surface area (Å²) in [5.74, 6) is 1.27. The van der Waals surface area contributed by atoms with E-state index in [0.717, 1.165) is 41.3 Å². The second kappa shape index (κ2) is 9.92. The molecule has 0 bridgehead atoms. The minimum absolute atomic E-state index is 0.128. The summed E-state index contributed by atoms with van der Waals surface area (Å²) in [5, 5.41) is 3.53. The molecular formula is C24H30N2O5S. The predicted octanol–water partition coefficient (Wildman–Crippen LogP) is 4.60. The van der Waals surface area contributed by atoms with Gasteiger partial charge in [-0.25, -0.2) is 4.79 Å². The number of anilines is 1. The van der Waals surface area contributed by atoms with E-state index in [9.17, 15) is 9.59 Å². The number of thiophene rings is 1. The molecule has 2 aromatic rings. The zero-order valence-corrected chi connectivity index (χ0v) is 19.6. The molecule has 8 heteroatoms. The molecule has 0 saturated carbocycles. The lowest BCUT2D eigenvalue weighted by molar-refractivity contribution is -0.117.